The molecule has 18 heavy (non-hydrogen) atoms. The van der Waals surface area contributed by atoms with E-state index in [2.05, 4.69) is 21.6 Å². The molecule has 0 bridgehead atoms. The number of aromatic nitrogens is 2. The second-order valence-corrected chi connectivity index (χ2v) is 6.81. The average molecular weight is 271 g/mol. The van der Waals surface area contributed by atoms with Crippen LogP contribution in [0.3, 0.4) is 0 Å². The largest absolute Gasteiger partial charge is 0.332 e. The summed E-state index contributed by atoms with van der Waals surface area (Å²) in [6, 6.07) is 0. The summed E-state index contributed by atoms with van der Waals surface area (Å²) < 4.78 is 26.9. The van der Waals surface area contributed by atoms with Gasteiger partial charge in [-0.1, -0.05) is 20.3 Å². The molecule has 0 aliphatic heterocycles. The predicted molar refractivity (Wildman–Crippen MR) is 69.7 cm³/mol. The summed E-state index contributed by atoms with van der Waals surface area (Å²) in [7, 11) is -3.44. The predicted octanol–water partition coefficient (Wildman–Crippen LogP) is 1.83. The Balaban J connectivity index is 2.03. The molecule has 0 atom stereocenters. The Bertz CT molecular complexity index is 498. The van der Waals surface area contributed by atoms with Crippen LogP contribution >= 0.6 is 0 Å². The van der Waals surface area contributed by atoms with Crippen LogP contribution in [0, 0.1) is 5.41 Å². The number of H-pyrrole nitrogens is 1. The zero-order valence-electron chi connectivity index (χ0n) is 11.0. The Hall–Kier alpha value is -0.880. The fraction of sp³-hybridized carbons (Fsp3) is 0.750. The first-order chi connectivity index (χ1) is 8.51. The average Bonchev–Trinajstić information content (AvgIpc) is 2.77. The normalized spacial score (nSPS) is 18.6. The summed E-state index contributed by atoms with van der Waals surface area (Å²) in [4.78, 5) is 6.86. The van der Waals surface area contributed by atoms with Crippen molar-refractivity contribution >= 4 is 10.0 Å². The number of aryl methyl sites for hydroxylation is 1. The number of hydrogen-bond donors (Lipinski definition) is 2. The Morgan fingerprint density at radius 1 is 1.44 bits per heavy atom. The minimum atomic E-state index is -3.44. The van der Waals surface area contributed by atoms with E-state index in [1.165, 1.54) is 12.6 Å². The Morgan fingerprint density at radius 3 is 2.61 bits per heavy atom. The minimum absolute atomic E-state index is 0.171. The van der Waals surface area contributed by atoms with Gasteiger partial charge in [-0.05, 0) is 24.7 Å². The highest BCUT2D eigenvalue weighted by Crippen LogP contribution is 2.43. The summed E-state index contributed by atoms with van der Waals surface area (Å²) >= 11 is 0. The van der Waals surface area contributed by atoms with Crippen molar-refractivity contribution in [3.05, 3.63) is 12.0 Å². The lowest BCUT2D eigenvalue weighted by molar-refractivity contribution is 0.133. The van der Waals surface area contributed by atoms with Crippen molar-refractivity contribution in [1.29, 1.82) is 0 Å². The van der Waals surface area contributed by atoms with E-state index in [4.69, 9.17) is 0 Å². The topological polar surface area (TPSA) is 74.8 Å². The van der Waals surface area contributed by atoms with Crippen molar-refractivity contribution in [1.82, 2.24) is 14.7 Å². The van der Waals surface area contributed by atoms with Crippen molar-refractivity contribution in [2.45, 2.75) is 51.0 Å². The second kappa shape index (κ2) is 5.01. The summed E-state index contributed by atoms with van der Waals surface area (Å²) in [5.41, 5.74) is 0.181. The molecule has 0 saturated heterocycles. The lowest BCUT2D eigenvalue weighted by Gasteiger charge is -2.41. The molecule has 0 unspecified atom stereocenters. The molecule has 0 spiro atoms. The fourth-order valence-electron chi connectivity index (χ4n) is 2.32. The van der Waals surface area contributed by atoms with Crippen LogP contribution in [-0.2, 0) is 16.4 Å². The fourth-order valence-corrected chi connectivity index (χ4v) is 3.41. The van der Waals surface area contributed by atoms with Gasteiger partial charge in [0.05, 0.1) is 6.20 Å². The molecular weight excluding hydrogens is 250 g/mol. The molecule has 0 amide bonds. The van der Waals surface area contributed by atoms with Gasteiger partial charge in [0.2, 0.25) is 0 Å². The van der Waals surface area contributed by atoms with E-state index in [1.807, 2.05) is 6.92 Å². The Labute approximate surface area is 108 Å². The van der Waals surface area contributed by atoms with E-state index in [0.717, 1.165) is 19.3 Å². The highest BCUT2D eigenvalue weighted by Gasteiger charge is 2.36. The monoisotopic (exact) mass is 271 g/mol. The smallest absolute Gasteiger partial charge is 0.257 e. The minimum Gasteiger partial charge on any atom is -0.332 e. The van der Waals surface area contributed by atoms with Gasteiger partial charge in [-0.15, -0.1) is 0 Å². The van der Waals surface area contributed by atoms with E-state index in [9.17, 15) is 8.42 Å². The third-order valence-corrected chi connectivity index (χ3v) is 5.34. The first-order valence-electron chi connectivity index (χ1n) is 6.55. The molecule has 0 aromatic carbocycles. The molecule has 1 aliphatic rings. The molecule has 1 aromatic rings. The molecule has 2 N–H and O–H groups in total. The van der Waals surface area contributed by atoms with Gasteiger partial charge < -0.3 is 4.98 Å². The van der Waals surface area contributed by atoms with Gasteiger partial charge in [-0.2, -0.15) is 0 Å². The van der Waals surface area contributed by atoms with Crippen molar-refractivity contribution in [3.63, 3.8) is 0 Å². The van der Waals surface area contributed by atoms with E-state index >= 15 is 0 Å². The lowest BCUT2D eigenvalue weighted by atomic mass is 9.67. The number of imidazole rings is 1. The van der Waals surface area contributed by atoms with Crippen LogP contribution in [0.2, 0.25) is 0 Å². The molecule has 6 heteroatoms. The zero-order valence-corrected chi connectivity index (χ0v) is 11.8. The van der Waals surface area contributed by atoms with Gasteiger partial charge in [-0.25, -0.2) is 18.1 Å². The van der Waals surface area contributed by atoms with Gasteiger partial charge in [0.1, 0.15) is 5.82 Å². The van der Waals surface area contributed by atoms with Gasteiger partial charge >= 0.3 is 0 Å². The molecule has 2 rings (SSSR count). The van der Waals surface area contributed by atoms with Gasteiger partial charge in [-0.3, -0.25) is 0 Å². The number of nitrogens with zero attached hydrogens (tertiary/aromatic N) is 1. The standard InChI is InChI=1S/C12H21N3O2S/c1-3-10-13-8-11(15-10)18(16,17)14-9-12(4-2)6-5-7-12/h8,14H,3-7,9H2,1-2H3,(H,13,15). The van der Waals surface area contributed by atoms with Gasteiger partial charge in [0.15, 0.2) is 5.03 Å². The molecule has 1 aromatic heterocycles. The van der Waals surface area contributed by atoms with Gasteiger partial charge in [0.25, 0.3) is 10.0 Å². The van der Waals surface area contributed by atoms with Crippen molar-refractivity contribution in [2.75, 3.05) is 6.54 Å². The summed E-state index contributed by atoms with van der Waals surface area (Å²) in [5.74, 6) is 0.698. The van der Waals surface area contributed by atoms with E-state index in [1.54, 1.807) is 0 Å². The first-order valence-corrected chi connectivity index (χ1v) is 8.03. The molecule has 1 aliphatic carbocycles. The van der Waals surface area contributed by atoms with Crippen molar-refractivity contribution < 1.29 is 8.42 Å². The quantitative estimate of drug-likeness (QED) is 0.829. The third-order valence-electron chi connectivity index (χ3n) is 4.03. The lowest BCUT2D eigenvalue weighted by Crippen LogP contribution is -2.41. The van der Waals surface area contributed by atoms with Crippen LogP contribution in [0.4, 0.5) is 0 Å². The Kier molecular flexibility index (Phi) is 3.77. The maximum absolute atomic E-state index is 12.1. The summed E-state index contributed by atoms with van der Waals surface area (Å²) in [6.07, 6.45) is 6.57. The van der Waals surface area contributed by atoms with Crippen molar-refractivity contribution in [3.8, 4) is 0 Å². The van der Waals surface area contributed by atoms with Crippen LogP contribution in [0.1, 0.15) is 45.4 Å². The highest BCUT2D eigenvalue weighted by molar-refractivity contribution is 7.89. The third kappa shape index (κ3) is 2.59. The molecule has 102 valence electrons. The number of rotatable bonds is 6. The van der Waals surface area contributed by atoms with Crippen LogP contribution in [0.5, 0.6) is 0 Å². The second-order valence-electron chi connectivity index (χ2n) is 5.08. The van der Waals surface area contributed by atoms with Crippen molar-refractivity contribution in [2.24, 2.45) is 5.41 Å². The van der Waals surface area contributed by atoms with Crippen LogP contribution in [-0.4, -0.2) is 24.9 Å². The molecule has 5 nitrogen and oxygen atoms in total. The van der Waals surface area contributed by atoms with Crippen LogP contribution in [0.15, 0.2) is 11.2 Å². The molecular formula is C12H21N3O2S. The zero-order chi connectivity index (χ0) is 13.2. The molecule has 1 saturated carbocycles. The van der Waals surface area contributed by atoms with Gasteiger partial charge in [0, 0.05) is 13.0 Å². The van der Waals surface area contributed by atoms with E-state index < -0.39 is 10.0 Å². The molecule has 1 heterocycles. The van der Waals surface area contributed by atoms with E-state index in [-0.39, 0.29) is 10.4 Å². The number of aromatic amines is 1. The maximum Gasteiger partial charge on any atom is 0.257 e. The Morgan fingerprint density at radius 2 is 2.17 bits per heavy atom. The molecule has 0 radical (unpaired) electrons. The number of sulfonamides is 1. The first kappa shape index (κ1) is 13.5. The summed E-state index contributed by atoms with van der Waals surface area (Å²) in [6.45, 7) is 4.59. The van der Waals surface area contributed by atoms with Crippen LogP contribution < -0.4 is 4.72 Å². The SMILES string of the molecule is CCc1ncc(S(=O)(=O)NCC2(CC)CCC2)[nH]1. The highest BCUT2D eigenvalue weighted by atomic mass is 32.2. The maximum atomic E-state index is 12.1. The van der Waals surface area contributed by atoms with Crippen LogP contribution in [0.25, 0.3) is 0 Å². The van der Waals surface area contributed by atoms with E-state index in [0.29, 0.717) is 18.8 Å². The summed E-state index contributed by atoms with van der Waals surface area (Å²) in [5, 5.41) is 0.171. The number of hydrogen-bond acceptors (Lipinski definition) is 3. The molecule has 1 fully saturated rings. The number of nitrogens with one attached hydrogen (secondary N) is 2.